The van der Waals surface area contributed by atoms with E-state index in [1.54, 1.807) is 24.3 Å². The van der Waals surface area contributed by atoms with E-state index in [1.807, 2.05) is 58.2 Å². The molecule has 0 radical (unpaired) electrons. The molecule has 9 heteroatoms. The van der Waals surface area contributed by atoms with E-state index in [-0.39, 0.29) is 16.9 Å². The summed E-state index contributed by atoms with van der Waals surface area (Å²) in [6, 6.07) is 16.0. The van der Waals surface area contributed by atoms with Crippen LogP contribution in [0.4, 0.5) is 5.69 Å². The lowest BCUT2D eigenvalue weighted by Crippen LogP contribution is -2.38. The molecule has 41 heavy (non-hydrogen) atoms. The number of hydrogen-bond donors (Lipinski definition) is 3. The quantitative estimate of drug-likeness (QED) is 0.187. The maximum Gasteiger partial charge on any atom is 0.296 e. The first kappa shape index (κ1) is 30.2. The zero-order valence-corrected chi connectivity index (χ0v) is 24.3. The molecule has 1 fully saturated rings. The van der Waals surface area contributed by atoms with Crippen molar-refractivity contribution in [3.63, 3.8) is 0 Å². The van der Waals surface area contributed by atoms with Gasteiger partial charge in [0.1, 0.15) is 12.4 Å². The van der Waals surface area contributed by atoms with Gasteiger partial charge in [-0.25, -0.2) is 0 Å². The van der Waals surface area contributed by atoms with Crippen LogP contribution in [-0.2, 0) is 14.9 Å². The number of benzene rings is 3. The minimum atomic E-state index is -0.774. The van der Waals surface area contributed by atoms with Gasteiger partial charge in [-0.3, -0.25) is 19.3 Å². The van der Waals surface area contributed by atoms with Crippen LogP contribution in [0.2, 0.25) is 0 Å². The van der Waals surface area contributed by atoms with E-state index in [4.69, 9.17) is 9.47 Å². The van der Waals surface area contributed by atoms with Crippen LogP contribution >= 0.6 is 0 Å². The number of nitrogens with one attached hydrogen (secondary N) is 3. The third-order valence-electron chi connectivity index (χ3n) is 7.08. The Balaban J connectivity index is 1.52. The van der Waals surface area contributed by atoms with E-state index in [1.165, 1.54) is 0 Å². The molecule has 9 nitrogen and oxygen atoms in total. The summed E-state index contributed by atoms with van der Waals surface area (Å²) in [4.78, 5) is 41.7. The normalized spacial score (nSPS) is 14.0. The molecule has 0 unspecified atom stereocenters. The molecule has 0 saturated carbocycles. The number of anilines is 1. The largest absolute Gasteiger partial charge is 0.492 e. The molecule has 218 valence electrons. The van der Waals surface area contributed by atoms with E-state index in [2.05, 4.69) is 20.9 Å². The van der Waals surface area contributed by atoms with E-state index in [0.717, 1.165) is 43.8 Å². The first-order chi connectivity index (χ1) is 19.7. The number of Topliss-reactive ketones (excluding diaryl/α,β-unsaturated/α-hetero) is 1. The van der Waals surface area contributed by atoms with Crippen molar-refractivity contribution in [2.75, 3.05) is 64.9 Å². The molecular formula is C32H40N4O5. The molecule has 1 aliphatic heterocycles. The van der Waals surface area contributed by atoms with Crippen molar-refractivity contribution in [2.45, 2.75) is 26.2 Å². The molecule has 1 heterocycles. The van der Waals surface area contributed by atoms with Gasteiger partial charge in [0, 0.05) is 54.9 Å². The SMILES string of the molecule is CNCCNC(=O)c1cc(NC(=O)C(=O)c2ccc(OCCN3CCOCC3)c3ccccc23)cc(C(C)(C)C)c1. The van der Waals surface area contributed by atoms with Crippen LogP contribution in [0, 0.1) is 0 Å². The Morgan fingerprint density at radius 3 is 2.39 bits per heavy atom. The highest BCUT2D eigenvalue weighted by Crippen LogP contribution is 2.30. The van der Waals surface area contributed by atoms with E-state index < -0.39 is 11.7 Å². The van der Waals surface area contributed by atoms with Gasteiger partial charge in [0.25, 0.3) is 17.6 Å². The second-order valence-corrected chi connectivity index (χ2v) is 11.2. The highest BCUT2D eigenvalue weighted by molar-refractivity contribution is 6.48. The molecule has 3 N–H and O–H groups in total. The average Bonchev–Trinajstić information content (AvgIpc) is 2.97. The first-order valence-electron chi connectivity index (χ1n) is 14.1. The second-order valence-electron chi connectivity index (χ2n) is 11.2. The Labute approximate surface area is 241 Å². The summed E-state index contributed by atoms with van der Waals surface area (Å²) in [6.07, 6.45) is 0. The van der Waals surface area contributed by atoms with Crippen molar-refractivity contribution in [1.29, 1.82) is 0 Å². The van der Waals surface area contributed by atoms with Crippen LogP contribution in [0.3, 0.4) is 0 Å². The molecule has 1 aliphatic rings. The molecule has 3 aromatic carbocycles. The zero-order chi connectivity index (χ0) is 29.4. The third-order valence-corrected chi connectivity index (χ3v) is 7.08. The van der Waals surface area contributed by atoms with Crippen LogP contribution in [0.1, 0.15) is 47.1 Å². The van der Waals surface area contributed by atoms with E-state index in [0.29, 0.717) is 42.1 Å². The number of morpholine rings is 1. The van der Waals surface area contributed by atoms with Gasteiger partial charge < -0.3 is 25.4 Å². The van der Waals surface area contributed by atoms with Gasteiger partial charge in [-0.1, -0.05) is 45.0 Å². The molecule has 0 bridgehead atoms. The number of rotatable bonds is 11. The predicted molar refractivity (Wildman–Crippen MR) is 161 cm³/mol. The Morgan fingerprint density at radius 1 is 0.951 bits per heavy atom. The van der Waals surface area contributed by atoms with Gasteiger partial charge in [0.15, 0.2) is 0 Å². The van der Waals surface area contributed by atoms with Gasteiger partial charge in [-0.2, -0.15) is 0 Å². The molecule has 0 spiro atoms. The second kappa shape index (κ2) is 13.7. The lowest BCUT2D eigenvalue weighted by Gasteiger charge is -2.26. The minimum Gasteiger partial charge on any atom is -0.492 e. The summed E-state index contributed by atoms with van der Waals surface area (Å²) < 4.78 is 11.5. The Kier molecular flexibility index (Phi) is 10.1. The third kappa shape index (κ3) is 7.91. The van der Waals surface area contributed by atoms with Crippen LogP contribution < -0.4 is 20.7 Å². The number of ketones is 1. The molecule has 0 aliphatic carbocycles. The van der Waals surface area contributed by atoms with Gasteiger partial charge >= 0.3 is 0 Å². The highest BCUT2D eigenvalue weighted by atomic mass is 16.5. The maximum absolute atomic E-state index is 13.4. The fourth-order valence-electron chi connectivity index (χ4n) is 4.68. The number of ether oxygens (including phenoxy) is 2. The van der Waals surface area contributed by atoms with Crippen molar-refractivity contribution in [3.05, 3.63) is 71.3 Å². The van der Waals surface area contributed by atoms with Gasteiger partial charge in [-0.15, -0.1) is 0 Å². The van der Waals surface area contributed by atoms with Crippen LogP contribution in [-0.4, -0.2) is 82.1 Å². The Hall–Kier alpha value is -3.79. The van der Waals surface area contributed by atoms with E-state index in [9.17, 15) is 14.4 Å². The summed E-state index contributed by atoms with van der Waals surface area (Å²) in [5.74, 6) is -1.02. The number of carbonyl (C=O) groups excluding carboxylic acids is 3. The van der Waals surface area contributed by atoms with Crippen molar-refractivity contribution in [3.8, 4) is 5.75 Å². The zero-order valence-electron chi connectivity index (χ0n) is 24.3. The average molecular weight is 561 g/mol. The summed E-state index contributed by atoms with van der Waals surface area (Å²) >= 11 is 0. The van der Waals surface area contributed by atoms with Crippen LogP contribution in [0.5, 0.6) is 5.75 Å². The standard InChI is InChI=1S/C32H40N4O5/c1-32(2,3)23-19-22(30(38)34-12-11-33-4)20-24(21-23)35-31(39)29(37)27-9-10-28(26-8-6-5-7-25(26)27)41-18-15-36-13-16-40-17-14-36/h5-10,19-21,33H,11-18H2,1-4H3,(H,34,38)(H,35,39). The number of likely N-dealkylation sites (N-methyl/N-ethyl adjacent to an activating group) is 1. The fourth-order valence-corrected chi connectivity index (χ4v) is 4.68. The van der Waals surface area contributed by atoms with Gasteiger partial charge in [0.2, 0.25) is 0 Å². The van der Waals surface area contributed by atoms with E-state index >= 15 is 0 Å². The molecular weight excluding hydrogens is 520 g/mol. The predicted octanol–water partition coefficient (Wildman–Crippen LogP) is 3.62. The van der Waals surface area contributed by atoms with Crippen LogP contribution in [0.25, 0.3) is 10.8 Å². The summed E-state index contributed by atoms with van der Waals surface area (Å²) in [5.41, 5.74) is 1.68. The summed E-state index contributed by atoms with van der Waals surface area (Å²) in [5, 5.41) is 10.0. The Morgan fingerprint density at radius 2 is 1.68 bits per heavy atom. The molecule has 3 aromatic rings. The number of carbonyl (C=O) groups is 3. The number of fused-ring (bicyclic) bond motifs is 1. The topological polar surface area (TPSA) is 109 Å². The van der Waals surface area contributed by atoms with Crippen LogP contribution in [0.15, 0.2) is 54.6 Å². The lowest BCUT2D eigenvalue weighted by atomic mass is 9.85. The molecule has 0 aromatic heterocycles. The minimum absolute atomic E-state index is 0.247. The van der Waals surface area contributed by atoms with Gasteiger partial charge in [-0.05, 0) is 53.7 Å². The van der Waals surface area contributed by atoms with Crippen molar-refractivity contribution < 1.29 is 23.9 Å². The fraction of sp³-hybridized carbons (Fsp3) is 0.406. The summed E-state index contributed by atoms with van der Waals surface area (Å²) in [6.45, 7) is 11.7. The summed E-state index contributed by atoms with van der Waals surface area (Å²) in [7, 11) is 1.81. The molecule has 1 saturated heterocycles. The number of nitrogens with zero attached hydrogens (tertiary/aromatic N) is 1. The maximum atomic E-state index is 13.4. The number of hydrogen-bond acceptors (Lipinski definition) is 7. The smallest absolute Gasteiger partial charge is 0.296 e. The Bertz CT molecular complexity index is 1390. The van der Waals surface area contributed by atoms with Crippen molar-refractivity contribution >= 4 is 34.1 Å². The number of amides is 2. The first-order valence-corrected chi connectivity index (χ1v) is 14.1. The van der Waals surface area contributed by atoms with Crippen molar-refractivity contribution in [1.82, 2.24) is 15.5 Å². The molecule has 4 rings (SSSR count). The lowest BCUT2D eigenvalue weighted by molar-refractivity contribution is -0.112. The monoisotopic (exact) mass is 560 g/mol. The molecule has 0 atom stereocenters. The van der Waals surface area contributed by atoms with Crippen molar-refractivity contribution in [2.24, 2.45) is 0 Å². The molecule has 2 amide bonds. The van der Waals surface area contributed by atoms with Gasteiger partial charge in [0.05, 0.1) is 13.2 Å². The highest BCUT2D eigenvalue weighted by Gasteiger charge is 2.23.